The Balaban J connectivity index is 2.65. The number of hydrogen-bond acceptors (Lipinski definition) is 4. The normalized spacial score (nSPS) is 15.3. The zero-order chi connectivity index (χ0) is 11.8. The van der Waals surface area contributed by atoms with E-state index in [1.807, 2.05) is 0 Å². The van der Waals surface area contributed by atoms with Crippen molar-refractivity contribution in [3.8, 4) is 5.75 Å². The van der Waals surface area contributed by atoms with Gasteiger partial charge in [0.1, 0.15) is 10.6 Å². The number of anilines is 1. The Morgan fingerprint density at radius 1 is 1.44 bits per heavy atom. The molecule has 0 spiro atoms. The first kappa shape index (κ1) is 11.2. The minimum absolute atomic E-state index is 0.129. The Morgan fingerprint density at radius 3 is 2.88 bits per heavy atom. The molecule has 0 aromatic heterocycles. The number of nitrogen functional groups attached to an aromatic ring is 1. The lowest BCUT2D eigenvalue weighted by Gasteiger charge is -2.20. The molecule has 16 heavy (non-hydrogen) atoms. The molecule has 0 saturated heterocycles. The van der Waals surface area contributed by atoms with Crippen molar-refractivity contribution < 1.29 is 13.2 Å². The molecule has 6 heteroatoms. The second kappa shape index (κ2) is 3.95. The Hall–Kier alpha value is -1.27. The molecule has 0 fully saturated rings. The third-order valence-electron chi connectivity index (χ3n) is 2.55. The van der Waals surface area contributed by atoms with Gasteiger partial charge in [0.25, 0.3) is 0 Å². The number of ether oxygens (including phenoxy) is 1. The zero-order valence-corrected chi connectivity index (χ0v) is 9.80. The lowest BCUT2D eigenvalue weighted by molar-refractivity contribution is 0.280. The van der Waals surface area contributed by atoms with Crippen LogP contribution in [-0.4, -0.2) is 22.1 Å². The van der Waals surface area contributed by atoms with Gasteiger partial charge in [-0.05, 0) is 37.6 Å². The average molecular weight is 242 g/mol. The highest BCUT2D eigenvalue weighted by Gasteiger charge is 2.23. The van der Waals surface area contributed by atoms with Crippen LogP contribution in [0.1, 0.15) is 12.0 Å². The summed E-state index contributed by atoms with van der Waals surface area (Å²) in [6.07, 6.45) is 1.68. The van der Waals surface area contributed by atoms with Crippen LogP contribution >= 0.6 is 0 Å². The third kappa shape index (κ3) is 1.85. The van der Waals surface area contributed by atoms with E-state index in [2.05, 4.69) is 4.72 Å². The SMILES string of the molecule is CNS(=O)(=O)c1cc(N)cc2c1OCCC2. The molecule has 0 unspecified atom stereocenters. The van der Waals surface area contributed by atoms with Gasteiger partial charge in [-0.3, -0.25) is 0 Å². The highest BCUT2D eigenvalue weighted by molar-refractivity contribution is 7.89. The molecule has 1 aromatic rings. The molecule has 0 amide bonds. The number of nitrogens with two attached hydrogens (primary N) is 1. The lowest BCUT2D eigenvalue weighted by atomic mass is 10.1. The van der Waals surface area contributed by atoms with Crippen LogP contribution in [0.5, 0.6) is 5.75 Å². The van der Waals surface area contributed by atoms with E-state index in [0.29, 0.717) is 18.0 Å². The Kier molecular flexibility index (Phi) is 2.77. The van der Waals surface area contributed by atoms with E-state index >= 15 is 0 Å². The summed E-state index contributed by atoms with van der Waals surface area (Å²) in [5.74, 6) is 0.440. The molecule has 1 aliphatic rings. The van der Waals surface area contributed by atoms with Crippen LogP contribution in [0.4, 0.5) is 5.69 Å². The Bertz CT molecular complexity index is 511. The minimum Gasteiger partial charge on any atom is -0.492 e. The molecule has 88 valence electrons. The molecular formula is C10H14N2O3S. The largest absolute Gasteiger partial charge is 0.492 e. The summed E-state index contributed by atoms with van der Waals surface area (Å²) in [7, 11) is -2.15. The molecule has 0 radical (unpaired) electrons. The van der Waals surface area contributed by atoms with Gasteiger partial charge >= 0.3 is 0 Å². The summed E-state index contributed by atoms with van der Waals surface area (Å²) in [6, 6.07) is 3.19. The van der Waals surface area contributed by atoms with Crippen LogP contribution in [0.15, 0.2) is 17.0 Å². The van der Waals surface area contributed by atoms with Gasteiger partial charge in [0.2, 0.25) is 10.0 Å². The monoisotopic (exact) mass is 242 g/mol. The maximum atomic E-state index is 11.8. The molecular weight excluding hydrogens is 228 g/mol. The number of fused-ring (bicyclic) bond motifs is 1. The van der Waals surface area contributed by atoms with Crippen molar-refractivity contribution in [2.75, 3.05) is 19.4 Å². The van der Waals surface area contributed by atoms with E-state index in [1.165, 1.54) is 13.1 Å². The van der Waals surface area contributed by atoms with Crippen molar-refractivity contribution in [2.45, 2.75) is 17.7 Å². The molecule has 1 heterocycles. The molecule has 3 N–H and O–H groups in total. The number of aryl methyl sites for hydroxylation is 1. The van der Waals surface area contributed by atoms with Crippen LogP contribution in [0.3, 0.4) is 0 Å². The first-order valence-corrected chi connectivity index (χ1v) is 6.51. The molecule has 2 rings (SSSR count). The summed E-state index contributed by atoms with van der Waals surface area (Å²) in [5, 5.41) is 0. The number of nitrogens with one attached hydrogen (secondary N) is 1. The molecule has 1 aromatic carbocycles. The molecule has 1 aliphatic heterocycles. The number of benzene rings is 1. The highest BCUT2D eigenvalue weighted by atomic mass is 32.2. The van der Waals surface area contributed by atoms with Gasteiger partial charge in [-0.15, -0.1) is 0 Å². The van der Waals surface area contributed by atoms with E-state index in [9.17, 15) is 8.42 Å². The third-order valence-corrected chi connectivity index (χ3v) is 3.97. The fraction of sp³-hybridized carbons (Fsp3) is 0.400. The van der Waals surface area contributed by atoms with Crippen LogP contribution in [-0.2, 0) is 16.4 Å². The van der Waals surface area contributed by atoms with Crippen molar-refractivity contribution >= 4 is 15.7 Å². The fourth-order valence-electron chi connectivity index (χ4n) is 1.78. The van der Waals surface area contributed by atoms with Gasteiger partial charge in [0.15, 0.2) is 0 Å². The van der Waals surface area contributed by atoms with E-state index in [4.69, 9.17) is 10.5 Å². The smallest absolute Gasteiger partial charge is 0.244 e. The van der Waals surface area contributed by atoms with Crippen LogP contribution in [0, 0.1) is 0 Å². The standard InChI is InChI=1S/C10H14N2O3S/c1-12-16(13,14)9-6-8(11)5-7-3-2-4-15-10(7)9/h5-6,12H,2-4,11H2,1H3. The zero-order valence-electron chi connectivity index (χ0n) is 8.99. The van der Waals surface area contributed by atoms with Crippen molar-refractivity contribution in [3.05, 3.63) is 17.7 Å². The van der Waals surface area contributed by atoms with Gasteiger partial charge < -0.3 is 10.5 Å². The second-order valence-corrected chi connectivity index (χ2v) is 5.52. The predicted octanol–water partition coefficient (Wildman–Crippen LogP) is 0.502. The molecule has 0 aliphatic carbocycles. The van der Waals surface area contributed by atoms with E-state index in [0.717, 1.165) is 18.4 Å². The van der Waals surface area contributed by atoms with Gasteiger partial charge in [-0.2, -0.15) is 0 Å². The van der Waals surface area contributed by atoms with Gasteiger partial charge in [-0.25, -0.2) is 13.1 Å². The minimum atomic E-state index is -3.52. The summed E-state index contributed by atoms with van der Waals surface area (Å²) >= 11 is 0. The van der Waals surface area contributed by atoms with Crippen LogP contribution < -0.4 is 15.2 Å². The van der Waals surface area contributed by atoms with Crippen molar-refractivity contribution in [1.82, 2.24) is 4.72 Å². The summed E-state index contributed by atoms with van der Waals surface area (Å²) in [4.78, 5) is 0.129. The Morgan fingerprint density at radius 2 is 2.19 bits per heavy atom. The summed E-state index contributed by atoms with van der Waals surface area (Å²) < 4.78 is 31.3. The topological polar surface area (TPSA) is 81.4 Å². The maximum absolute atomic E-state index is 11.8. The van der Waals surface area contributed by atoms with Crippen molar-refractivity contribution in [1.29, 1.82) is 0 Å². The van der Waals surface area contributed by atoms with Gasteiger partial charge in [0, 0.05) is 5.69 Å². The quantitative estimate of drug-likeness (QED) is 0.740. The first-order chi connectivity index (χ1) is 7.54. The van der Waals surface area contributed by atoms with Gasteiger partial charge in [0.05, 0.1) is 6.61 Å². The van der Waals surface area contributed by atoms with E-state index < -0.39 is 10.0 Å². The van der Waals surface area contributed by atoms with Crippen molar-refractivity contribution in [3.63, 3.8) is 0 Å². The van der Waals surface area contributed by atoms with Crippen LogP contribution in [0.2, 0.25) is 0 Å². The number of sulfonamides is 1. The molecule has 5 nitrogen and oxygen atoms in total. The molecule has 0 bridgehead atoms. The predicted molar refractivity (Wildman–Crippen MR) is 60.9 cm³/mol. The molecule has 0 atom stereocenters. The fourth-order valence-corrected chi connectivity index (χ4v) is 2.72. The molecule has 0 saturated carbocycles. The summed E-state index contributed by atoms with van der Waals surface area (Å²) in [5.41, 5.74) is 6.99. The van der Waals surface area contributed by atoms with Gasteiger partial charge in [-0.1, -0.05) is 0 Å². The lowest BCUT2D eigenvalue weighted by Crippen LogP contribution is -2.22. The van der Waals surface area contributed by atoms with E-state index in [1.54, 1.807) is 6.07 Å². The average Bonchev–Trinajstić information content (AvgIpc) is 2.28. The maximum Gasteiger partial charge on any atom is 0.244 e. The van der Waals surface area contributed by atoms with Crippen LogP contribution in [0.25, 0.3) is 0 Å². The first-order valence-electron chi connectivity index (χ1n) is 5.03. The summed E-state index contributed by atoms with van der Waals surface area (Å²) in [6.45, 7) is 0.545. The number of hydrogen-bond donors (Lipinski definition) is 2. The number of rotatable bonds is 2. The highest BCUT2D eigenvalue weighted by Crippen LogP contribution is 2.34. The Labute approximate surface area is 94.6 Å². The van der Waals surface area contributed by atoms with Crippen molar-refractivity contribution in [2.24, 2.45) is 0 Å². The van der Waals surface area contributed by atoms with E-state index in [-0.39, 0.29) is 4.90 Å². The second-order valence-electron chi connectivity index (χ2n) is 3.67.